The molecule has 1 unspecified atom stereocenters. The van der Waals surface area contributed by atoms with Gasteiger partial charge in [-0.3, -0.25) is 19.3 Å². The maximum absolute atomic E-state index is 14.0. The van der Waals surface area contributed by atoms with Crippen LogP contribution in [-0.2, 0) is 32.1 Å². The van der Waals surface area contributed by atoms with Crippen LogP contribution in [0, 0.1) is 0 Å². The quantitative estimate of drug-likeness (QED) is 0.220. The molecule has 0 bridgehead atoms. The highest BCUT2D eigenvalue weighted by atomic mass is 16.4. The average Bonchev–Trinajstić information content (AvgIpc) is 3.76. The van der Waals surface area contributed by atoms with Crippen LogP contribution in [-0.4, -0.2) is 97.7 Å². The number of aromatic amines is 1. The minimum absolute atomic E-state index is 0.00670. The number of aliphatic carboxylic acids is 1. The summed E-state index contributed by atoms with van der Waals surface area (Å²) >= 11 is 0. The van der Waals surface area contributed by atoms with Gasteiger partial charge in [0.1, 0.15) is 11.8 Å². The van der Waals surface area contributed by atoms with Crippen LogP contribution in [0.25, 0.3) is 10.8 Å². The molecule has 12 nitrogen and oxygen atoms in total. The molecule has 2 saturated heterocycles. The van der Waals surface area contributed by atoms with E-state index in [0.29, 0.717) is 25.2 Å². The number of carboxylic acid groups (broad SMARTS) is 1. The molecule has 12 heteroatoms. The van der Waals surface area contributed by atoms with E-state index in [0.717, 1.165) is 40.7 Å². The number of carbonyl (C=O) groups excluding carboxylic acids is 3. The van der Waals surface area contributed by atoms with Gasteiger partial charge in [0.25, 0.3) is 5.91 Å². The second-order valence-corrected chi connectivity index (χ2v) is 11.0. The number of amides is 1. The molecule has 3 aromatic rings. The maximum Gasteiger partial charge on any atom is 0.327 e. The number of carboxylic acids is 1. The molecule has 2 fully saturated rings. The average molecular weight is 576 g/mol. The molecule has 1 aromatic heterocycles. The van der Waals surface area contributed by atoms with Crippen molar-refractivity contribution in [2.45, 2.75) is 57.3 Å². The number of hydrogen-bond donors (Lipinski definition) is 4. The van der Waals surface area contributed by atoms with Crippen LogP contribution in [0.5, 0.6) is 0 Å². The van der Waals surface area contributed by atoms with Gasteiger partial charge in [-0.05, 0) is 42.6 Å². The third kappa shape index (κ3) is 6.90. The summed E-state index contributed by atoms with van der Waals surface area (Å²) < 4.78 is 0. The number of hydrazine groups is 2. The Morgan fingerprint density at radius 1 is 1.19 bits per heavy atom. The zero-order chi connectivity index (χ0) is 29.6. The zero-order valence-corrected chi connectivity index (χ0v) is 23.7. The summed E-state index contributed by atoms with van der Waals surface area (Å²) in [7, 11) is 0. The number of rotatable bonds is 13. The summed E-state index contributed by atoms with van der Waals surface area (Å²) in [5.41, 5.74) is 4.51. The fourth-order valence-electron chi connectivity index (χ4n) is 5.83. The number of nitrogens with one attached hydrogen (secondary N) is 3. The number of H-pyrrole nitrogens is 1. The highest BCUT2D eigenvalue weighted by Crippen LogP contribution is 2.24. The van der Waals surface area contributed by atoms with E-state index < -0.39 is 24.0 Å². The number of nitrogens with zero attached hydrogens (tertiary/aromatic N) is 4. The lowest BCUT2D eigenvalue weighted by Gasteiger charge is -2.37. The lowest BCUT2D eigenvalue weighted by molar-refractivity contribution is -0.159. The van der Waals surface area contributed by atoms with Gasteiger partial charge in [0, 0.05) is 43.9 Å². The molecule has 0 radical (unpaired) electrons. The molecule has 2 aliphatic heterocycles. The third-order valence-electron chi connectivity index (χ3n) is 8.00. The van der Waals surface area contributed by atoms with Crippen molar-refractivity contribution in [2.24, 2.45) is 0 Å². The normalized spacial score (nSPS) is 18.9. The Labute approximate surface area is 244 Å². The van der Waals surface area contributed by atoms with Gasteiger partial charge >= 0.3 is 5.97 Å². The molecule has 5 rings (SSSR count). The first-order chi connectivity index (χ1) is 20.3. The molecule has 0 aliphatic carbocycles. The zero-order valence-electron chi connectivity index (χ0n) is 23.7. The minimum Gasteiger partial charge on any atom is -0.480 e. The van der Waals surface area contributed by atoms with Gasteiger partial charge in [-0.15, -0.1) is 0 Å². The van der Waals surface area contributed by atoms with E-state index in [-0.39, 0.29) is 37.1 Å². The van der Waals surface area contributed by atoms with E-state index in [4.69, 9.17) is 0 Å². The lowest BCUT2D eigenvalue weighted by Crippen LogP contribution is -2.61. The first kappa shape index (κ1) is 29.5. The molecule has 42 heavy (non-hydrogen) atoms. The van der Waals surface area contributed by atoms with Crippen molar-refractivity contribution in [3.63, 3.8) is 0 Å². The van der Waals surface area contributed by atoms with Crippen LogP contribution in [0.3, 0.4) is 0 Å². The molecule has 3 heterocycles. The van der Waals surface area contributed by atoms with Crippen LogP contribution in [0.1, 0.15) is 37.4 Å². The van der Waals surface area contributed by atoms with E-state index in [1.807, 2.05) is 47.4 Å². The van der Waals surface area contributed by atoms with E-state index in [1.165, 1.54) is 13.3 Å². The molecule has 3 atom stereocenters. The van der Waals surface area contributed by atoms with Crippen LogP contribution in [0.2, 0.25) is 0 Å². The first-order valence-corrected chi connectivity index (χ1v) is 14.3. The van der Waals surface area contributed by atoms with Crippen molar-refractivity contribution in [2.75, 3.05) is 26.2 Å². The highest BCUT2D eigenvalue weighted by Gasteiger charge is 2.38. The number of imidazole rings is 1. The Morgan fingerprint density at radius 2 is 2.00 bits per heavy atom. The molecule has 0 saturated carbocycles. The standard InChI is InChI=1S/C30H37N7O5/c1-20(30(41)42)37(34-36-13-11-24(38)17-36)28(40)18-35(16-22-8-4-7-21-6-2-3-9-25(21)22)29(26-10-5-12-32-26)27(39)14-23-15-31-19-33-23/h2-4,6-9,15,19-20,26,29,32,34H,5,10-14,16-18H2,1H3,(H,31,33)(H,41,42)/t20-,26-,29?/m0/s1. The predicted octanol–water partition coefficient (Wildman–Crippen LogP) is 1.29. The Morgan fingerprint density at radius 3 is 2.69 bits per heavy atom. The van der Waals surface area contributed by atoms with E-state index in [1.54, 1.807) is 11.2 Å². The third-order valence-corrected chi connectivity index (χ3v) is 8.00. The summed E-state index contributed by atoms with van der Waals surface area (Å²) in [6.07, 6.45) is 5.26. The van der Waals surface area contributed by atoms with Gasteiger partial charge in [0.05, 0.1) is 25.5 Å². The van der Waals surface area contributed by atoms with Gasteiger partial charge in [-0.2, -0.15) is 5.53 Å². The maximum atomic E-state index is 14.0. The fraction of sp³-hybridized carbons (Fsp3) is 0.433. The molecular formula is C30H37N7O5. The monoisotopic (exact) mass is 575 g/mol. The highest BCUT2D eigenvalue weighted by molar-refractivity contribution is 5.89. The van der Waals surface area contributed by atoms with Crippen molar-refractivity contribution in [1.82, 2.24) is 35.7 Å². The Kier molecular flexibility index (Phi) is 9.38. The van der Waals surface area contributed by atoms with Gasteiger partial charge in [0.2, 0.25) is 0 Å². The Hall–Kier alpha value is -3.97. The smallest absolute Gasteiger partial charge is 0.327 e. The number of aromatic nitrogens is 2. The summed E-state index contributed by atoms with van der Waals surface area (Å²) in [6.45, 7) is 2.70. The van der Waals surface area contributed by atoms with Crippen LogP contribution in [0.15, 0.2) is 55.0 Å². The number of hydrogen-bond acceptors (Lipinski definition) is 9. The van der Waals surface area contributed by atoms with E-state index >= 15 is 0 Å². The molecule has 1 amide bonds. The fourth-order valence-corrected chi connectivity index (χ4v) is 5.83. The van der Waals surface area contributed by atoms with Gasteiger partial charge in [-0.1, -0.05) is 42.5 Å². The Bertz CT molecular complexity index is 1420. The number of ketones is 2. The SMILES string of the molecule is C[C@@H](C(=O)O)N(NN1CCC(=O)C1)C(=O)CN(Cc1cccc2ccccc12)C(C(=O)Cc1cnc[nH]1)[C@@H]1CCCN1. The van der Waals surface area contributed by atoms with Crippen molar-refractivity contribution in [3.8, 4) is 0 Å². The largest absolute Gasteiger partial charge is 0.480 e. The van der Waals surface area contributed by atoms with E-state index in [2.05, 4.69) is 20.8 Å². The Balaban J connectivity index is 1.49. The van der Waals surface area contributed by atoms with Crippen LogP contribution < -0.4 is 10.9 Å². The summed E-state index contributed by atoms with van der Waals surface area (Å²) in [4.78, 5) is 60.8. The van der Waals surface area contributed by atoms with E-state index in [9.17, 15) is 24.3 Å². The van der Waals surface area contributed by atoms with Crippen molar-refractivity contribution >= 4 is 34.2 Å². The van der Waals surface area contributed by atoms with Gasteiger partial charge in [-0.25, -0.2) is 19.8 Å². The number of benzene rings is 2. The van der Waals surface area contributed by atoms with Gasteiger partial charge < -0.3 is 15.4 Å². The minimum atomic E-state index is -1.21. The van der Waals surface area contributed by atoms with Gasteiger partial charge in [0.15, 0.2) is 5.78 Å². The second kappa shape index (κ2) is 13.3. The topological polar surface area (TPSA) is 151 Å². The molecule has 2 aliphatic rings. The number of fused-ring (bicyclic) bond motifs is 1. The van der Waals surface area contributed by atoms with Crippen molar-refractivity contribution in [3.05, 3.63) is 66.2 Å². The summed E-state index contributed by atoms with van der Waals surface area (Å²) in [6, 6.07) is 11.9. The molecule has 0 spiro atoms. The lowest BCUT2D eigenvalue weighted by atomic mass is 9.95. The number of carbonyl (C=O) groups is 4. The van der Waals surface area contributed by atoms with Crippen LogP contribution >= 0.6 is 0 Å². The van der Waals surface area contributed by atoms with Crippen molar-refractivity contribution < 1.29 is 24.3 Å². The molecular weight excluding hydrogens is 538 g/mol. The van der Waals surface area contributed by atoms with Crippen LogP contribution in [0.4, 0.5) is 0 Å². The summed E-state index contributed by atoms with van der Waals surface area (Å²) in [5, 5.41) is 18.0. The molecule has 2 aromatic carbocycles. The summed E-state index contributed by atoms with van der Waals surface area (Å²) in [5.74, 6) is -1.76. The second-order valence-electron chi connectivity index (χ2n) is 11.0. The molecule has 4 N–H and O–H groups in total. The van der Waals surface area contributed by atoms with Crippen molar-refractivity contribution in [1.29, 1.82) is 0 Å². The predicted molar refractivity (Wildman–Crippen MR) is 155 cm³/mol. The first-order valence-electron chi connectivity index (χ1n) is 14.3. The number of Topliss-reactive ketones (excluding diaryl/α,β-unsaturated/α-hetero) is 2. The molecule has 222 valence electrons.